The monoisotopic (exact) mass is 299 g/mol. The number of carbonyl (C=O) groups excluding carboxylic acids is 2. The first kappa shape index (κ1) is 16.6. The Hall–Kier alpha value is -2.42. The van der Waals surface area contributed by atoms with Crippen molar-refractivity contribution in [1.82, 2.24) is 9.88 Å². The Balaban J connectivity index is 3.06. The maximum absolute atomic E-state index is 12.1. The molecule has 0 aliphatic rings. The number of nitro groups is 1. The summed E-state index contributed by atoms with van der Waals surface area (Å²) in [5.41, 5.74) is -0.202. The Bertz CT molecular complexity index is 551. The molecule has 0 fully saturated rings. The highest BCUT2D eigenvalue weighted by Crippen LogP contribution is 2.20. The molecule has 1 aromatic heterocycles. The Kier molecular flexibility index (Phi) is 5.42. The summed E-state index contributed by atoms with van der Waals surface area (Å²) in [6.07, 6.45) is 1.24. The summed E-state index contributed by atoms with van der Waals surface area (Å²) in [6, 6.07) is -0.302. The van der Waals surface area contributed by atoms with Gasteiger partial charge in [-0.1, -0.05) is 0 Å². The van der Waals surface area contributed by atoms with Crippen LogP contribution in [-0.2, 0) is 9.53 Å². The summed E-state index contributed by atoms with van der Waals surface area (Å²) in [6.45, 7) is 2.87. The number of aliphatic hydroxyl groups excluding tert-OH is 1. The van der Waals surface area contributed by atoms with Crippen molar-refractivity contribution < 1.29 is 24.4 Å². The van der Waals surface area contributed by atoms with Crippen molar-refractivity contribution in [3.05, 3.63) is 28.1 Å². The standard InChI is InChI=1S/C12H17N3O6/c1-7(2)14-5-8(15(19)20)4-10(14)11(17)13-9(6-16)12(18)21-3/h4-5,7,9,16H,6H2,1-3H3,(H,13,17). The summed E-state index contributed by atoms with van der Waals surface area (Å²) >= 11 is 0. The first-order valence-corrected chi connectivity index (χ1v) is 6.17. The van der Waals surface area contributed by atoms with Crippen molar-refractivity contribution in [1.29, 1.82) is 0 Å². The number of carbonyl (C=O) groups is 2. The van der Waals surface area contributed by atoms with Gasteiger partial charge in [0.2, 0.25) is 0 Å². The summed E-state index contributed by atoms with van der Waals surface area (Å²) < 4.78 is 5.85. The van der Waals surface area contributed by atoms with Gasteiger partial charge in [0.05, 0.1) is 24.8 Å². The molecule has 0 saturated carbocycles. The zero-order valence-corrected chi connectivity index (χ0v) is 11.9. The predicted molar refractivity (Wildman–Crippen MR) is 71.8 cm³/mol. The fourth-order valence-electron chi connectivity index (χ4n) is 1.73. The van der Waals surface area contributed by atoms with E-state index in [0.29, 0.717) is 0 Å². The topological polar surface area (TPSA) is 124 Å². The lowest BCUT2D eigenvalue weighted by atomic mass is 10.2. The van der Waals surface area contributed by atoms with Crippen molar-refractivity contribution in [2.75, 3.05) is 13.7 Å². The van der Waals surface area contributed by atoms with E-state index in [1.54, 1.807) is 13.8 Å². The van der Waals surface area contributed by atoms with Gasteiger partial charge in [-0.2, -0.15) is 0 Å². The molecule has 116 valence electrons. The van der Waals surface area contributed by atoms with Gasteiger partial charge >= 0.3 is 5.97 Å². The van der Waals surface area contributed by atoms with Crippen molar-refractivity contribution >= 4 is 17.6 Å². The molecule has 0 aromatic carbocycles. The highest BCUT2D eigenvalue weighted by Gasteiger charge is 2.25. The Morgan fingerprint density at radius 3 is 2.57 bits per heavy atom. The average molecular weight is 299 g/mol. The van der Waals surface area contributed by atoms with E-state index in [-0.39, 0.29) is 17.4 Å². The van der Waals surface area contributed by atoms with Crippen LogP contribution in [0.2, 0.25) is 0 Å². The molecule has 1 unspecified atom stereocenters. The second-order valence-electron chi connectivity index (χ2n) is 4.57. The fraction of sp³-hybridized carbons (Fsp3) is 0.500. The number of methoxy groups -OCH3 is 1. The number of esters is 1. The van der Waals surface area contributed by atoms with E-state index in [0.717, 1.165) is 13.2 Å². The molecule has 9 nitrogen and oxygen atoms in total. The van der Waals surface area contributed by atoms with Crippen LogP contribution in [0.15, 0.2) is 12.3 Å². The van der Waals surface area contributed by atoms with Crippen molar-refractivity contribution in [2.45, 2.75) is 25.9 Å². The predicted octanol–water partition coefficient (Wildman–Crippen LogP) is 0.241. The smallest absolute Gasteiger partial charge is 0.330 e. The summed E-state index contributed by atoms with van der Waals surface area (Å²) in [7, 11) is 1.12. The highest BCUT2D eigenvalue weighted by atomic mass is 16.6. The number of rotatable bonds is 6. The van der Waals surface area contributed by atoms with Gasteiger partial charge in [-0.25, -0.2) is 4.79 Å². The second-order valence-corrected chi connectivity index (χ2v) is 4.57. The van der Waals surface area contributed by atoms with Crippen LogP contribution in [0.5, 0.6) is 0 Å². The molecule has 0 radical (unpaired) electrons. The third-order valence-corrected chi connectivity index (χ3v) is 2.81. The third kappa shape index (κ3) is 3.78. The first-order valence-electron chi connectivity index (χ1n) is 6.17. The number of amides is 1. The molecule has 9 heteroatoms. The van der Waals surface area contributed by atoms with E-state index < -0.39 is 29.4 Å². The quantitative estimate of drug-likeness (QED) is 0.440. The highest BCUT2D eigenvalue weighted by molar-refractivity contribution is 5.96. The lowest BCUT2D eigenvalue weighted by molar-refractivity contribution is -0.384. The van der Waals surface area contributed by atoms with Gasteiger partial charge in [0, 0.05) is 12.1 Å². The Morgan fingerprint density at radius 2 is 2.14 bits per heavy atom. The lowest BCUT2D eigenvalue weighted by Crippen LogP contribution is -2.44. The molecule has 0 spiro atoms. The summed E-state index contributed by atoms with van der Waals surface area (Å²) in [5, 5.41) is 22.1. The minimum atomic E-state index is -1.22. The molecular weight excluding hydrogens is 282 g/mol. The van der Waals surface area contributed by atoms with Crippen LogP contribution >= 0.6 is 0 Å². The van der Waals surface area contributed by atoms with Crippen molar-refractivity contribution in [3.63, 3.8) is 0 Å². The molecule has 1 heterocycles. The zero-order chi connectivity index (χ0) is 16.2. The maximum Gasteiger partial charge on any atom is 0.330 e. The van der Waals surface area contributed by atoms with E-state index in [1.807, 2.05) is 0 Å². The summed E-state index contributed by atoms with van der Waals surface area (Å²) in [4.78, 5) is 33.6. The minimum absolute atomic E-state index is 0.0269. The number of nitrogens with one attached hydrogen (secondary N) is 1. The molecule has 0 aliphatic carbocycles. The van der Waals surface area contributed by atoms with E-state index in [9.17, 15) is 19.7 Å². The van der Waals surface area contributed by atoms with E-state index >= 15 is 0 Å². The molecule has 1 aromatic rings. The first-order chi connectivity index (χ1) is 9.81. The van der Waals surface area contributed by atoms with Crippen molar-refractivity contribution in [2.24, 2.45) is 0 Å². The molecule has 0 saturated heterocycles. The normalized spacial score (nSPS) is 12.0. The van der Waals surface area contributed by atoms with E-state index in [4.69, 9.17) is 5.11 Å². The molecule has 0 aliphatic heterocycles. The number of ether oxygens (including phenoxy) is 1. The van der Waals surface area contributed by atoms with E-state index in [1.165, 1.54) is 10.8 Å². The number of aromatic nitrogens is 1. The van der Waals surface area contributed by atoms with Gasteiger partial charge in [-0.3, -0.25) is 14.9 Å². The second kappa shape index (κ2) is 6.84. The zero-order valence-electron chi connectivity index (χ0n) is 11.9. The number of nitrogens with zero attached hydrogens (tertiary/aromatic N) is 2. The van der Waals surface area contributed by atoms with Crippen LogP contribution in [-0.4, -0.2) is 46.2 Å². The number of aliphatic hydroxyl groups is 1. The lowest BCUT2D eigenvalue weighted by Gasteiger charge is -2.16. The van der Waals surface area contributed by atoms with Crippen LogP contribution in [0.3, 0.4) is 0 Å². The van der Waals surface area contributed by atoms with Crippen LogP contribution in [0.25, 0.3) is 0 Å². The van der Waals surface area contributed by atoms with Gasteiger partial charge in [0.25, 0.3) is 11.6 Å². The van der Waals surface area contributed by atoms with Gasteiger partial charge < -0.3 is 19.7 Å². The van der Waals surface area contributed by atoms with Crippen LogP contribution in [0.4, 0.5) is 5.69 Å². The SMILES string of the molecule is COC(=O)C(CO)NC(=O)c1cc([N+](=O)[O-])cn1C(C)C. The van der Waals surface area contributed by atoms with Crippen LogP contribution < -0.4 is 5.32 Å². The number of hydrogen-bond donors (Lipinski definition) is 2. The molecule has 1 amide bonds. The van der Waals surface area contributed by atoms with Crippen LogP contribution in [0.1, 0.15) is 30.4 Å². The largest absolute Gasteiger partial charge is 0.467 e. The van der Waals surface area contributed by atoms with Crippen molar-refractivity contribution in [3.8, 4) is 0 Å². The van der Waals surface area contributed by atoms with E-state index in [2.05, 4.69) is 10.1 Å². The third-order valence-electron chi connectivity index (χ3n) is 2.81. The van der Waals surface area contributed by atoms with Crippen LogP contribution in [0, 0.1) is 10.1 Å². The molecule has 1 atom stereocenters. The number of hydrogen-bond acceptors (Lipinski definition) is 6. The minimum Gasteiger partial charge on any atom is -0.467 e. The Labute approximate surface area is 120 Å². The van der Waals surface area contributed by atoms with Gasteiger partial charge in [0.1, 0.15) is 5.69 Å². The molecule has 21 heavy (non-hydrogen) atoms. The van der Waals surface area contributed by atoms with Gasteiger partial charge in [0.15, 0.2) is 6.04 Å². The fourth-order valence-corrected chi connectivity index (χ4v) is 1.73. The molecular formula is C12H17N3O6. The molecule has 2 N–H and O–H groups in total. The molecule has 1 rings (SSSR count). The van der Waals surface area contributed by atoms with Gasteiger partial charge in [-0.15, -0.1) is 0 Å². The summed E-state index contributed by atoms with van der Waals surface area (Å²) in [5.74, 6) is -1.51. The average Bonchev–Trinajstić information content (AvgIpc) is 2.89. The molecule has 0 bridgehead atoms. The Morgan fingerprint density at radius 1 is 1.52 bits per heavy atom. The van der Waals surface area contributed by atoms with Gasteiger partial charge in [-0.05, 0) is 13.8 Å². The maximum atomic E-state index is 12.1.